The van der Waals surface area contributed by atoms with Crippen LogP contribution in [0.25, 0.3) is 0 Å². The van der Waals surface area contributed by atoms with Crippen LogP contribution in [0.1, 0.15) is 47.2 Å². The largest absolute Gasteiger partial charge is 0.307 e. The van der Waals surface area contributed by atoms with Crippen LogP contribution in [-0.4, -0.2) is 6.54 Å². The van der Waals surface area contributed by atoms with Crippen molar-refractivity contribution < 1.29 is 0 Å². The van der Waals surface area contributed by atoms with Crippen LogP contribution in [0, 0.1) is 6.92 Å². The molecule has 0 spiro atoms. The van der Waals surface area contributed by atoms with Crippen molar-refractivity contribution in [2.75, 3.05) is 6.54 Å². The third-order valence-electron chi connectivity index (χ3n) is 4.39. The monoisotopic (exact) mass is 343 g/mol. The molecule has 0 bridgehead atoms. The molecule has 0 heterocycles. The number of hydrogen-bond donors (Lipinski definition) is 1. The summed E-state index contributed by atoms with van der Waals surface area (Å²) in [6.07, 6.45) is 3.79. The Bertz CT molecular complexity index is 648. The summed E-state index contributed by atoms with van der Waals surface area (Å²) in [4.78, 5) is 0. The van der Waals surface area contributed by atoms with Gasteiger partial charge in [-0.2, -0.15) is 0 Å². The Hall–Kier alpha value is -1.12. The second-order valence-electron chi connectivity index (χ2n) is 5.88. The summed E-state index contributed by atoms with van der Waals surface area (Å²) in [6.45, 7) is 5.27. The average Bonchev–Trinajstić information content (AvgIpc) is 2.95. The number of rotatable bonds is 4. The van der Waals surface area contributed by atoms with Crippen molar-refractivity contribution >= 4 is 15.9 Å². The van der Waals surface area contributed by atoms with Gasteiger partial charge in [-0.1, -0.05) is 53.2 Å². The van der Waals surface area contributed by atoms with E-state index in [1.807, 2.05) is 0 Å². The lowest BCUT2D eigenvalue weighted by atomic mass is 9.95. The van der Waals surface area contributed by atoms with Crippen LogP contribution in [0.3, 0.4) is 0 Å². The summed E-state index contributed by atoms with van der Waals surface area (Å²) in [5.74, 6) is 0. The summed E-state index contributed by atoms with van der Waals surface area (Å²) in [6, 6.07) is 14.0. The Morgan fingerprint density at radius 2 is 1.76 bits per heavy atom. The minimum absolute atomic E-state index is 0.276. The Labute approximate surface area is 135 Å². The lowest BCUT2D eigenvalue weighted by Crippen LogP contribution is -2.22. The van der Waals surface area contributed by atoms with Crippen LogP contribution in [-0.2, 0) is 12.8 Å². The average molecular weight is 344 g/mol. The van der Waals surface area contributed by atoms with E-state index in [0.717, 1.165) is 6.54 Å². The number of fused-ring (bicyclic) bond motifs is 1. The van der Waals surface area contributed by atoms with E-state index in [1.54, 1.807) is 11.1 Å². The molecule has 0 aromatic heterocycles. The van der Waals surface area contributed by atoms with E-state index >= 15 is 0 Å². The number of benzene rings is 2. The van der Waals surface area contributed by atoms with E-state index < -0.39 is 0 Å². The topological polar surface area (TPSA) is 12.0 Å². The SMILES string of the molecule is CCNC(c1ccc(C)c(Br)c1)c1ccc2c(c1)CCC2. The molecule has 1 aliphatic carbocycles. The zero-order chi connectivity index (χ0) is 14.8. The molecule has 1 unspecified atom stereocenters. The second kappa shape index (κ2) is 6.33. The number of nitrogens with one attached hydrogen (secondary N) is 1. The molecular formula is C19H22BrN. The molecule has 0 saturated heterocycles. The van der Waals surface area contributed by atoms with Crippen LogP contribution in [0.5, 0.6) is 0 Å². The fourth-order valence-electron chi connectivity index (χ4n) is 3.19. The normalized spacial score (nSPS) is 15.0. The van der Waals surface area contributed by atoms with Gasteiger partial charge in [0.25, 0.3) is 0 Å². The highest BCUT2D eigenvalue weighted by molar-refractivity contribution is 9.10. The molecule has 1 aliphatic rings. The van der Waals surface area contributed by atoms with Crippen LogP contribution in [0.2, 0.25) is 0 Å². The molecule has 21 heavy (non-hydrogen) atoms. The van der Waals surface area contributed by atoms with Gasteiger partial charge in [-0.3, -0.25) is 0 Å². The lowest BCUT2D eigenvalue weighted by Gasteiger charge is -2.20. The van der Waals surface area contributed by atoms with Crippen LogP contribution in [0.15, 0.2) is 40.9 Å². The maximum Gasteiger partial charge on any atom is 0.0577 e. The van der Waals surface area contributed by atoms with Crippen molar-refractivity contribution in [1.29, 1.82) is 0 Å². The zero-order valence-corrected chi connectivity index (χ0v) is 14.3. The highest BCUT2D eigenvalue weighted by Gasteiger charge is 2.17. The van der Waals surface area contributed by atoms with Gasteiger partial charge in [-0.25, -0.2) is 0 Å². The molecule has 1 nitrogen and oxygen atoms in total. The van der Waals surface area contributed by atoms with Crippen molar-refractivity contribution in [1.82, 2.24) is 5.32 Å². The molecular weight excluding hydrogens is 322 g/mol. The van der Waals surface area contributed by atoms with E-state index in [2.05, 4.69) is 71.5 Å². The third-order valence-corrected chi connectivity index (χ3v) is 5.25. The van der Waals surface area contributed by atoms with Crippen molar-refractivity contribution in [3.05, 3.63) is 68.7 Å². The predicted octanol–water partition coefficient (Wildman–Crippen LogP) is 4.95. The van der Waals surface area contributed by atoms with Gasteiger partial charge < -0.3 is 5.32 Å². The lowest BCUT2D eigenvalue weighted by molar-refractivity contribution is 0.629. The smallest absolute Gasteiger partial charge is 0.0577 e. The minimum Gasteiger partial charge on any atom is -0.307 e. The summed E-state index contributed by atoms with van der Waals surface area (Å²) < 4.78 is 1.18. The van der Waals surface area contributed by atoms with Gasteiger partial charge in [0, 0.05) is 4.47 Å². The maximum atomic E-state index is 3.66. The standard InChI is InChI=1S/C19H22BrN/c1-3-21-19(17-8-7-13(2)18(20)12-17)16-10-9-14-5-4-6-15(14)11-16/h7-12,19,21H,3-6H2,1-2H3. The summed E-state index contributed by atoms with van der Waals surface area (Å²) in [7, 11) is 0. The first-order chi connectivity index (χ1) is 10.2. The van der Waals surface area contributed by atoms with Gasteiger partial charge >= 0.3 is 0 Å². The maximum absolute atomic E-state index is 3.66. The van der Waals surface area contributed by atoms with Crippen LogP contribution in [0.4, 0.5) is 0 Å². The summed E-state index contributed by atoms with van der Waals surface area (Å²) in [5.41, 5.74) is 7.07. The molecule has 2 heteroatoms. The molecule has 1 atom stereocenters. The van der Waals surface area contributed by atoms with Crippen molar-refractivity contribution in [3.8, 4) is 0 Å². The van der Waals surface area contributed by atoms with Crippen LogP contribution < -0.4 is 5.32 Å². The van der Waals surface area contributed by atoms with Gasteiger partial charge in [-0.05, 0) is 66.6 Å². The number of halogens is 1. The van der Waals surface area contributed by atoms with Crippen LogP contribution >= 0.6 is 15.9 Å². The molecule has 3 rings (SSSR count). The Balaban J connectivity index is 1.99. The molecule has 0 fully saturated rings. The summed E-state index contributed by atoms with van der Waals surface area (Å²) >= 11 is 3.66. The Morgan fingerprint density at radius 1 is 1.05 bits per heavy atom. The molecule has 1 N–H and O–H groups in total. The first kappa shape index (κ1) is 14.8. The van der Waals surface area contributed by atoms with E-state index in [0.29, 0.717) is 0 Å². The fourth-order valence-corrected chi connectivity index (χ4v) is 3.59. The highest BCUT2D eigenvalue weighted by Crippen LogP contribution is 2.30. The van der Waals surface area contributed by atoms with Gasteiger partial charge in [0.05, 0.1) is 6.04 Å². The Morgan fingerprint density at radius 3 is 2.52 bits per heavy atom. The van der Waals surface area contributed by atoms with Gasteiger partial charge in [0.2, 0.25) is 0 Å². The van der Waals surface area contributed by atoms with E-state index in [-0.39, 0.29) is 6.04 Å². The quantitative estimate of drug-likeness (QED) is 0.828. The predicted molar refractivity (Wildman–Crippen MR) is 92.9 cm³/mol. The molecule has 2 aromatic carbocycles. The van der Waals surface area contributed by atoms with Crippen molar-refractivity contribution in [2.45, 2.75) is 39.2 Å². The van der Waals surface area contributed by atoms with Gasteiger partial charge in [0.1, 0.15) is 0 Å². The zero-order valence-electron chi connectivity index (χ0n) is 12.7. The second-order valence-corrected chi connectivity index (χ2v) is 6.74. The molecule has 110 valence electrons. The fraction of sp³-hybridized carbons (Fsp3) is 0.368. The first-order valence-corrected chi connectivity index (χ1v) is 8.59. The van der Waals surface area contributed by atoms with Gasteiger partial charge in [0.15, 0.2) is 0 Å². The Kier molecular flexibility index (Phi) is 4.46. The minimum atomic E-state index is 0.276. The highest BCUT2D eigenvalue weighted by atomic mass is 79.9. The van der Waals surface area contributed by atoms with E-state index in [1.165, 1.54) is 40.4 Å². The van der Waals surface area contributed by atoms with Crippen molar-refractivity contribution in [2.24, 2.45) is 0 Å². The molecule has 2 aromatic rings. The summed E-state index contributed by atoms with van der Waals surface area (Å²) in [5, 5.41) is 3.63. The molecule has 0 aliphatic heterocycles. The third kappa shape index (κ3) is 3.07. The number of hydrogen-bond acceptors (Lipinski definition) is 1. The van der Waals surface area contributed by atoms with Gasteiger partial charge in [-0.15, -0.1) is 0 Å². The molecule has 0 saturated carbocycles. The van der Waals surface area contributed by atoms with Crippen molar-refractivity contribution in [3.63, 3.8) is 0 Å². The molecule has 0 radical (unpaired) electrons. The van der Waals surface area contributed by atoms with E-state index in [9.17, 15) is 0 Å². The van der Waals surface area contributed by atoms with E-state index in [4.69, 9.17) is 0 Å². The first-order valence-electron chi connectivity index (χ1n) is 7.80. The molecule has 0 amide bonds. The number of aryl methyl sites for hydroxylation is 3.